The first-order valence-electron chi connectivity index (χ1n) is 8.41. The van der Waals surface area contributed by atoms with Gasteiger partial charge in [-0.2, -0.15) is 0 Å². The minimum absolute atomic E-state index is 0.0196. The third-order valence-electron chi connectivity index (χ3n) is 5.40. The number of aliphatic hydroxyl groups excluding tert-OH is 1. The minimum atomic E-state index is -1.24. The molecule has 1 heterocycles. The largest absolute Gasteiger partial charge is 0.481 e. The first kappa shape index (κ1) is 17.3. The van der Waals surface area contributed by atoms with E-state index in [4.69, 9.17) is 0 Å². The number of nitrogens with zero attached hydrogens (tertiary/aromatic N) is 1. The maximum absolute atomic E-state index is 14.2. The number of carboxylic acid groups (broad SMARTS) is 1. The molecule has 4 nitrogen and oxygen atoms in total. The first-order valence-corrected chi connectivity index (χ1v) is 8.41. The van der Waals surface area contributed by atoms with Gasteiger partial charge in [0.2, 0.25) is 0 Å². The van der Waals surface area contributed by atoms with Gasteiger partial charge < -0.3 is 10.2 Å². The number of aliphatic carboxylic acids is 1. The highest BCUT2D eigenvalue weighted by atomic mass is 19.1. The molecule has 0 amide bonds. The molecule has 0 aromatic heterocycles. The number of rotatable bonds is 5. The number of piperidine rings is 1. The van der Waals surface area contributed by atoms with Crippen LogP contribution < -0.4 is 0 Å². The number of carboxylic acids is 1. The molecule has 1 aromatic carbocycles. The monoisotopic (exact) mass is 339 g/mol. The summed E-state index contributed by atoms with van der Waals surface area (Å²) in [5.74, 6) is -1.88. The molecule has 1 saturated heterocycles. The normalized spacial score (nSPS) is 28.1. The zero-order valence-electron chi connectivity index (χ0n) is 13.8. The van der Waals surface area contributed by atoms with Crippen LogP contribution in [0.3, 0.4) is 0 Å². The van der Waals surface area contributed by atoms with Crippen molar-refractivity contribution < 1.29 is 23.8 Å². The van der Waals surface area contributed by atoms with E-state index in [2.05, 4.69) is 0 Å². The SMILES string of the molecule is Cc1ccc(F)c(CN2CC[C@@H](O)[C@](CC3CC3)(C(=O)O)C2)c1F. The Morgan fingerprint density at radius 1 is 1.33 bits per heavy atom. The van der Waals surface area contributed by atoms with Gasteiger partial charge in [-0.3, -0.25) is 9.69 Å². The lowest BCUT2D eigenvalue weighted by molar-refractivity contribution is -0.165. The molecule has 0 bridgehead atoms. The van der Waals surface area contributed by atoms with Crippen LogP contribution in [0.25, 0.3) is 0 Å². The highest BCUT2D eigenvalue weighted by Crippen LogP contribution is 2.45. The third-order valence-corrected chi connectivity index (χ3v) is 5.40. The molecule has 2 fully saturated rings. The van der Waals surface area contributed by atoms with Crippen molar-refractivity contribution in [3.63, 3.8) is 0 Å². The lowest BCUT2D eigenvalue weighted by Crippen LogP contribution is -2.56. The molecule has 1 aliphatic carbocycles. The number of benzene rings is 1. The van der Waals surface area contributed by atoms with E-state index >= 15 is 0 Å². The highest BCUT2D eigenvalue weighted by Gasteiger charge is 2.51. The van der Waals surface area contributed by atoms with Gasteiger partial charge in [-0.25, -0.2) is 8.78 Å². The number of hydrogen-bond donors (Lipinski definition) is 2. The van der Waals surface area contributed by atoms with Crippen molar-refractivity contribution in [3.05, 3.63) is 34.9 Å². The molecule has 2 atom stereocenters. The summed E-state index contributed by atoms with van der Waals surface area (Å²) in [6, 6.07) is 2.63. The number of hydrogen-bond acceptors (Lipinski definition) is 3. The summed E-state index contributed by atoms with van der Waals surface area (Å²) >= 11 is 0. The van der Waals surface area contributed by atoms with Crippen LogP contribution in [0.1, 0.15) is 36.8 Å². The Balaban J connectivity index is 1.82. The van der Waals surface area contributed by atoms with Gasteiger partial charge >= 0.3 is 5.97 Å². The fourth-order valence-corrected chi connectivity index (χ4v) is 3.72. The molecule has 0 spiro atoms. The van der Waals surface area contributed by atoms with Crippen LogP contribution in [-0.2, 0) is 11.3 Å². The predicted molar refractivity (Wildman–Crippen MR) is 84.4 cm³/mol. The van der Waals surface area contributed by atoms with E-state index in [1.54, 1.807) is 11.8 Å². The van der Waals surface area contributed by atoms with Crippen LogP contribution in [0, 0.1) is 29.9 Å². The minimum Gasteiger partial charge on any atom is -0.481 e. The van der Waals surface area contributed by atoms with Crippen molar-refractivity contribution in [2.24, 2.45) is 11.3 Å². The van der Waals surface area contributed by atoms with Crippen molar-refractivity contribution >= 4 is 5.97 Å². The number of halogens is 2. The van der Waals surface area contributed by atoms with Crippen LogP contribution in [0.4, 0.5) is 8.78 Å². The molecule has 0 unspecified atom stereocenters. The Morgan fingerprint density at radius 2 is 2.04 bits per heavy atom. The zero-order valence-corrected chi connectivity index (χ0v) is 13.8. The first-order chi connectivity index (χ1) is 11.3. The maximum Gasteiger partial charge on any atom is 0.313 e. The lowest BCUT2D eigenvalue weighted by atomic mass is 9.73. The molecule has 1 saturated carbocycles. The second kappa shape index (κ2) is 6.41. The molecular weight excluding hydrogens is 316 g/mol. The zero-order chi connectivity index (χ0) is 17.5. The van der Waals surface area contributed by atoms with Gasteiger partial charge in [0.1, 0.15) is 17.0 Å². The number of likely N-dealkylation sites (tertiary alicyclic amines) is 1. The second-order valence-corrected chi connectivity index (χ2v) is 7.28. The van der Waals surface area contributed by atoms with Gasteiger partial charge in [0, 0.05) is 25.2 Å². The standard InChI is InChI=1S/C18H23F2NO3/c1-11-2-5-14(19)13(16(11)20)9-21-7-6-15(22)18(10-21,17(23)24)8-12-3-4-12/h2,5,12,15,22H,3-4,6-10H2,1H3,(H,23,24)/t15-,18-/m1/s1. The van der Waals surface area contributed by atoms with E-state index in [1.807, 2.05) is 0 Å². The fraction of sp³-hybridized carbons (Fsp3) is 0.611. The smallest absolute Gasteiger partial charge is 0.313 e. The van der Waals surface area contributed by atoms with Crippen LogP contribution >= 0.6 is 0 Å². The van der Waals surface area contributed by atoms with Gasteiger partial charge in [-0.15, -0.1) is 0 Å². The molecular formula is C18H23F2NO3. The van der Waals surface area contributed by atoms with Gasteiger partial charge in [0.25, 0.3) is 0 Å². The van der Waals surface area contributed by atoms with Crippen LogP contribution in [0.15, 0.2) is 12.1 Å². The maximum atomic E-state index is 14.2. The van der Waals surface area contributed by atoms with E-state index in [0.29, 0.717) is 30.9 Å². The van der Waals surface area contributed by atoms with Gasteiger partial charge in [-0.1, -0.05) is 18.9 Å². The predicted octanol–water partition coefficient (Wildman–Crippen LogP) is 2.71. The van der Waals surface area contributed by atoms with Gasteiger partial charge in [0.15, 0.2) is 0 Å². The Kier molecular flexibility index (Phi) is 4.62. The van der Waals surface area contributed by atoms with Gasteiger partial charge in [-0.05, 0) is 37.3 Å². The average molecular weight is 339 g/mol. The Morgan fingerprint density at radius 3 is 2.67 bits per heavy atom. The van der Waals surface area contributed by atoms with Crippen molar-refractivity contribution in [1.29, 1.82) is 0 Å². The number of aryl methyl sites for hydroxylation is 1. The lowest BCUT2D eigenvalue weighted by Gasteiger charge is -2.43. The molecule has 1 aliphatic heterocycles. The molecule has 2 N–H and O–H groups in total. The molecule has 6 heteroatoms. The van der Waals surface area contributed by atoms with Crippen molar-refractivity contribution in [1.82, 2.24) is 4.90 Å². The average Bonchev–Trinajstić information content (AvgIpc) is 3.34. The van der Waals surface area contributed by atoms with E-state index < -0.39 is 29.1 Å². The summed E-state index contributed by atoms with van der Waals surface area (Å²) in [6.07, 6.45) is 1.79. The summed E-state index contributed by atoms with van der Waals surface area (Å²) in [7, 11) is 0. The topological polar surface area (TPSA) is 60.8 Å². The van der Waals surface area contributed by atoms with E-state index in [-0.39, 0.29) is 18.7 Å². The van der Waals surface area contributed by atoms with Crippen molar-refractivity contribution in [2.75, 3.05) is 13.1 Å². The molecule has 132 valence electrons. The van der Waals surface area contributed by atoms with E-state index in [1.165, 1.54) is 12.1 Å². The Bertz CT molecular complexity index is 647. The van der Waals surface area contributed by atoms with Gasteiger partial charge in [0.05, 0.1) is 6.10 Å². The summed E-state index contributed by atoms with van der Waals surface area (Å²) in [5, 5.41) is 20.1. The summed E-state index contributed by atoms with van der Waals surface area (Å²) in [6.45, 7) is 2.14. The summed E-state index contributed by atoms with van der Waals surface area (Å²) in [4.78, 5) is 13.7. The summed E-state index contributed by atoms with van der Waals surface area (Å²) < 4.78 is 28.2. The van der Waals surface area contributed by atoms with Crippen LogP contribution in [0.5, 0.6) is 0 Å². The molecule has 1 aromatic rings. The van der Waals surface area contributed by atoms with Crippen molar-refractivity contribution in [3.8, 4) is 0 Å². The number of aliphatic hydroxyl groups is 1. The quantitative estimate of drug-likeness (QED) is 0.866. The Labute approximate surface area is 140 Å². The highest BCUT2D eigenvalue weighted by molar-refractivity contribution is 5.76. The fourth-order valence-electron chi connectivity index (χ4n) is 3.72. The molecule has 2 aliphatic rings. The third kappa shape index (κ3) is 3.17. The Hall–Kier alpha value is -1.53. The molecule has 3 rings (SSSR count). The second-order valence-electron chi connectivity index (χ2n) is 7.28. The van der Waals surface area contributed by atoms with Crippen molar-refractivity contribution in [2.45, 2.75) is 45.3 Å². The number of carbonyl (C=O) groups is 1. The van der Waals surface area contributed by atoms with Crippen LogP contribution in [0.2, 0.25) is 0 Å². The van der Waals surface area contributed by atoms with E-state index in [0.717, 1.165) is 12.8 Å². The van der Waals surface area contributed by atoms with Crippen LogP contribution in [-0.4, -0.2) is 40.3 Å². The molecule has 0 radical (unpaired) electrons. The summed E-state index contributed by atoms with van der Waals surface area (Å²) in [5.41, 5.74) is -0.904. The van der Waals surface area contributed by atoms with E-state index in [9.17, 15) is 23.8 Å². The molecule has 24 heavy (non-hydrogen) atoms.